The number of amides is 1. The average Bonchev–Trinajstić information content (AvgIpc) is 2.96. The van der Waals surface area contributed by atoms with Crippen molar-refractivity contribution in [3.8, 4) is 0 Å². The van der Waals surface area contributed by atoms with Gasteiger partial charge in [-0.15, -0.1) is 0 Å². The van der Waals surface area contributed by atoms with E-state index in [1.54, 1.807) is 0 Å². The van der Waals surface area contributed by atoms with Gasteiger partial charge in [0.2, 0.25) is 0 Å². The third-order valence-electron chi connectivity index (χ3n) is 3.58. The summed E-state index contributed by atoms with van der Waals surface area (Å²) in [7, 11) is 0. The second kappa shape index (κ2) is 4.40. The fourth-order valence-electron chi connectivity index (χ4n) is 2.50. The highest BCUT2D eigenvalue weighted by atomic mass is 32.1. The van der Waals surface area contributed by atoms with E-state index in [1.165, 1.54) is 24.4 Å². The molecule has 1 saturated heterocycles. The number of anilines is 2. The summed E-state index contributed by atoms with van der Waals surface area (Å²) < 4.78 is 3.99. The SMILES string of the molecule is NC(=O)c1c(N)nsc1NC1CCN(C2CC2)C1. The highest BCUT2D eigenvalue weighted by molar-refractivity contribution is 7.11. The monoisotopic (exact) mass is 267 g/mol. The van der Waals surface area contributed by atoms with E-state index in [0.717, 1.165) is 25.6 Å². The number of likely N-dealkylation sites (tertiary alicyclic amines) is 1. The van der Waals surface area contributed by atoms with Crippen LogP contribution < -0.4 is 16.8 Å². The van der Waals surface area contributed by atoms with Gasteiger partial charge in [-0.1, -0.05) is 0 Å². The predicted molar refractivity (Wildman–Crippen MR) is 71.7 cm³/mol. The third kappa shape index (κ3) is 2.15. The first kappa shape index (κ1) is 11.7. The van der Waals surface area contributed by atoms with Crippen molar-refractivity contribution in [1.29, 1.82) is 0 Å². The van der Waals surface area contributed by atoms with Gasteiger partial charge in [-0.2, -0.15) is 4.37 Å². The lowest BCUT2D eigenvalue weighted by atomic mass is 10.2. The van der Waals surface area contributed by atoms with Gasteiger partial charge in [-0.25, -0.2) is 0 Å². The van der Waals surface area contributed by atoms with Crippen LogP contribution in [0.3, 0.4) is 0 Å². The molecule has 2 heterocycles. The molecule has 1 amide bonds. The Morgan fingerprint density at radius 3 is 2.89 bits per heavy atom. The number of aromatic nitrogens is 1. The smallest absolute Gasteiger partial charge is 0.255 e. The van der Waals surface area contributed by atoms with Crippen molar-refractivity contribution in [3.05, 3.63) is 5.56 Å². The fraction of sp³-hybridized carbons (Fsp3) is 0.636. The van der Waals surface area contributed by atoms with Crippen LogP contribution >= 0.6 is 11.5 Å². The first-order chi connectivity index (χ1) is 8.65. The maximum Gasteiger partial charge on any atom is 0.255 e. The number of primary amides is 1. The Kier molecular flexibility index (Phi) is 2.87. The third-order valence-corrected chi connectivity index (χ3v) is 4.38. The van der Waals surface area contributed by atoms with Gasteiger partial charge in [0.15, 0.2) is 5.82 Å². The molecule has 1 saturated carbocycles. The molecular formula is C11H17N5OS. The number of nitrogen functional groups attached to an aromatic ring is 1. The predicted octanol–water partition coefficient (Wildman–Crippen LogP) is 0.473. The van der Waals surface area contributed by atoms with E-state index in [9.17, 15) is 4.79 Å². The van der Waals surface area contributed by atoms with Crippen LogP contribution in [0.25, 0.3) is 0 Å². The Bertz CT molecular complexity index is 470. The average molecular weight is 267 g/mol. The van der Waals surface area contributed by atoms with Gasteiger partial charge in [0.1, 0.15) is 10.6 Å². The Morgan fingerprint density at radius 1 is 1.44 bits per heavy atom. The molecule has 0 aromatic carbocycles. The molecule has 0 bridgehead atoms. The molecule has 0 spiro atoms. The zero-order valence-electron chi connectivity index (χ0n) is 10.1. The Morgan fingerprint density at radius 2 is 2.22 bits per heavy atom. The number of rotatable bonds is 4. The maximum absolute atomic E-state index is 11.3. The van der Waals surface area contributed by atoms with Crippen molar-refractivity contribution >= 4 is 28.3 Å². The number of hydrogen-bond donors (Lipinski definition) is 3. The molecule has 2 fully saturated rings. The topological polar surface area (TPSA) is 97.3 Å². The van der Waals surface area contributed by atoms with E-state index in [-0.39, 0.29) is 5.82 Å². The number of nitrogens with zero attached hydrogens (tertiary/aromatic N) is 2. The molecule has 98 valence electrons. The number of carbonyl (C=O) groups is 1. The molecule has 2 aliphatic rings. The summed E-state index contributed by atoms with van der Waals surface area (Å²) in [6.45, 7) is 2.16. The van der Waals surface area contributed by atoms with Crippen molar-refractivity contribution in [2.75, 3.05) is 24.1 Å². The van der Waals surface area contributed by atoms with E-state index in [4.69, 9.17) is 11.5 Å². The summed E-state index contributed by atoms with van der Waals surface area (Å²) in [6, 6.07) is 1.16. The molecule has 18 heavy (non-hydrogen) atoms. The van der Waals surface area contributed by atoms with Gasteiger partial charge >= 0.3 is 0 Å². The van der Waals surface area contributed by atoms with Crippen molar-refractivity contribution in [3.63, 3.8) is 0 Å². The minimum atomic E-state index is -0.513. The number of nitrogens with two attached hydrogens (primary N) is 2. The summed E-state index contributed by atoms with van der Waals surface area (Å²) in [6.07, 6.45) is 3.74. The van der Waals surface area contributed by atoms with Crippen LogP contribution in [0, 0.1) is 0 Å². The van der Waals surface area contributed by atoms with Crippen LogP contribution in [0.2, 0.25) is 0 Å². The standard InChI is InChI=1S/C11H17N5OS/c12-9-8(10(13)17)11(18-15-9)14-6-3-4-16(5-6)7-1-2-7/h6-7,14H,1-5H2,(H2,12,15)(H2,13,17). The second-order valence-corrected chi connectivity index (χ2v) is 5.77. The Labute approximate surface area is 109 Å². The van der Waals surface area contributed by atoms with Gasteiger partial charge in [-0.05, 0) is 30.8 Å². The van der Waals surface area contributed by atoms with E-state index in [1.807, 2.05) is 0 Å². The molecule has 6 nitrogen and oxygen atoms in total. The summed E-state index contributed by atoms with van der Waals surface area (Å²) in [5.41, 5.74) is 11.3. The van der Waals surface area contributed by atoms with Crippen molar-refractivity contribution in [2.24, 2.45) is 5.73 Å². The van der Waals surface area contributed by atoms with E-state index >= 15 is 0 Å². The van der Waals surface area contributed by atoms with Gasteiger partial charge in [-0.3, -0.25) is 9.69 Å². The molecule has 1 aliphatic heterocycles. The quantitative estimate of drug-likeness (QED) is 0.737. The minimum absolute atomic E-state index is 0.229. The normalized spacial score (nSPS) is 24.3. The van der Waals surface area contributed by atoms with Crippen molar-refractivity contribution < 1.29 is 4.79 Å². The highest BCUT2D eigenvalue weighted by Crippen LogP contribution is 2.32. The fourth-order valence-corrected chi connectivity index (χ4v) is 3.30. The molecule has 1 atom stereocenters. The largest absolute Gasteiger partial charge is 0.382 e. The van der Waals surface area contributed by atoms with E-state index in [2.05, 4.69) is 14.6 Å². The molecule has 0 radical (unpaired) electrons. The molecule has 7 heteroatoms. The molecule has 3 rings (SSSR count). The summed E-state index contributed by atoms with van der Waals surface area (Å²) >= 11 is 1.21. The van der Waals surface area contributed by atoms with Crippen LogP contribution in [0.15, 0.2) is 0 Å². The molecule has 1 aliphatic carbocycles. The maximum atomic E-state index is 11.3. The van der Waals surface area contributed by atoms with Gasteiger partial charge in [0, 0.05) is 25.2 Å². The Balaban J connectivity index is 1.67. The van der Waals surface area contributed by atoms with Crippen LogP contribution in [0.4, 0.5) is 10.8 Å². The number of carbonyl (C=O) groups excluding carboxylic acids is 1. The first-order valence-electron chi connectivity index (χ1n) is 6.20. The van der Waals surface area contributed by atoms with Crippen LogP contribution in [-0.4, -0.2) is 40.4 Å². The summed E-state index contributed by atoms with van der Waals surface area (Å²) in [5.74, 6) is -0.284. The van der Waals surface area contributed by atoms with E-state index < -0.39 is 5.91 Å². The van der Waals surface area contributed by atoms with Crippen molar-refractivity contribution in [2.45, 2.75) is 31.3 Å². The number of hydrogen-bond acceptors (Lipinski definition) is 6. The zero-order valence-corrected chi connectivity index (χ0v) is 10.9. The lowest BCUT2D eigenvalue weighted by Crippen LogP contribution is -2.28. The summed E-state index contributed by atoms with van der Waals surface area (Å²) in [4.78, 5) is 13.8. The van der Waals surface area contributed by atoms with Gasteiger partial charge in [0.25, 0.3) is 5.91 Å². The van der Waals surface area contributed by atoms with Crippen molar-refractivity contribution in [1.82, 2.24) is 9.27 Å². The molecule has 1 unspecified atom stereocenters. The lowest BCUT2D eigenvalue weighted by Gasteiger charge is -2.16. The van der Waals surface area contributed by atoms with Crippen LogP contribution in [0.1, 0.15) is 29.6 Å². The Hall–Kier alpha value is -1.34. The number of nitrogens with one attached hydrogen (secondary N) is 1. The van der Waals surface area contributed by atoms with Gasteiger partial charge in [0.05, 0.1) is 0 Å². The molecule has 1 aromatic rings. The zero-order chi connectivity index (χ0) is 12.7. The minimum Gasteiger partial charge on any atom is -0.382 e. The molecule has 1 aromatic heterocycles. The molecular weight excluding hydrogens is 250 g/mol. The second-order valence-electron chi connectivity index (χ2n) is 4.99. The van der Waals surface area contributed by atoms with Crippen LogP contribution in [-0.2, 0) is 0 Å². The summed E-state index contributed by atoms with van der Waals surface area (Å²) in [5, 5.41) is 4.07. The van der Waals surface area contributed by atoms with Crippen LogP contribution in [0.5, 0.6) is 0 Å². The first-order valence-corrected chi connectivity index (χ1v) is 6.98. The van der Waals surface area contributed by atoms with E-state index in [0.29, 0.717) is 16.6 Å². The highest BCUT2D eigenvalue weighted by Gasteiger charge is 2.34. The van der Waals surface area contributed by atoms with Gasteiger partial charge < -0.3 is 16.8 Å². The lowest BCUT2D eigenvalue weighted by molar-refractivity contribution is 0.100. The molecule has 5 N–H and O–H groups in total.